The van der Waals surface area contributed by atoms with Crippen molar-refractivity contribution < 1.29 is 15.0 Å². The van der Waals surface area contributed by atoms with E-state index >= 15 is 0 Å². The SMILES string of the molecule is CC1(C)C[C@@](O)(c2ncc(Br)s2)CC[C@@H]1C(=O)O. The first-order valence-corrected chi connectivity index (χ1v) is 7.42. The Hall–Kier alpha value is -0.460. The zero-order chi connectivity index (χ0) is 13.6. The van der Waals surface area contributed by atoms with Gasteiger partial charge in [0.2, 0.25) is 0 Å². The number of carbonyl (C=O) groups is 1. The summed E-state index contributed by atoms with van der Waals surface area (Å²) in [5.41, 5.74) is -1.43. The maximum absolute atomic E-state index is 11.2. The third-order valence-electron chi connectivity index (χ3n) is 3.71. The first-order chi connectivity index (χ1) is 8.24. The van der Waals surface area contributed by atoms with Crippen LogP contribution in [0.25, 0.3) is 0 Å². The van der Waals surface area contributed by atoms with E-state index in [2.05, 4.69) is 20.9 Å². The predicted molar refractivity (Wildman–Crippen MR) is 72.5 cm³/mol. The van der Waals surface area contributed by atoms with Gasteiger partial charge in [-0.05, 0) is 40.6 Å². The fourth-order valence-electron chi connectivity index (χ4n) is 2.85. The Balaban J connectivity index is 2.27. The standard InChI is InChI=1S/C12H16BrNO3S/c1-11(2)6-12(17,4-3-7(11)9(15)16)10-14-5-8(13)18-10/h5,7,17H,3-4,6H2,1-2H3,(H,15,16)/t7-,12-/m1/s1. The molecule has 0 unspecified atom stereocenters. The van der Waals surface area contributed by atoms with Crippen molar-refractivity contribution in [2.75, 3.05) is 0 Å². The maximum atomic E-state index is 11.2. The van der Waals surface area contributed by atoms with Crippen LogP contribution in [-0.2, 0) is 10.4 Å². The van der Waals surface area contributed by atoms with Gasteiger partial charge >= 0.3 is 5.97 Å². The van der Waals surface area contributed by atoms with Crippen LogP contribution < -0.4 is 0 Å². The number of hydrogen-bond acceptors (Lipinski definition) is 4. The minimum atomic E-state index is -0.994. The number of halogens is 1. The summed E-state index contributed by atoms with van der Waals surface area (Å²) in [5, 5.41) is 20.6. The molecule has 2 rings (SSSR count). The van der Waals surface area contributed by atoms with Crippen LogP contribution in [0, 0.1) is 11.3 Å². The lowest BCUT2D eigenvalue weighted by atomic mass is 9.63. The van der Waals surface area contributed by atoms with Gasteiger partial charge in [0.05, 0.1) is 15.9 Å². The van der Waals surface area contributed by atoms with E-state index in [-0.39, 0.29) is 0 Å². The largest absolute Gasteiger partial charge is 0.481 e. The lowest BCUT2D eigenvalue weighted by Gasteiger charge is -2.44. The zero-order valence-electron chi connectivity index (χ0n) is 10.3. The minimum absolute atomic E-state index is 0.402. The molecule has 0 radical (unpaired) electrons. The summed E-state index contributed by atoms with van der Waals surface area (Å²) in [7, 11) is 0. The summed E-state index contributed by atoms with van der Waals surface area (Å²) in [6, 6.07) is 0. The Morgan fingerprint density at radius 2 is 2.28 bits per heavy atom. The number of carboxylic acid groups (broad SMARTS) is 1. The summed E-state index contributed by atoms with van der Waals surface area (Å²) in [6.07, 6.45) is 3.04. The molecule has 0 aliphatic heterocycles. The normalized spacial score (nSPS) is 31.2. The fraction of sp³-hybridized carbons (Fsp3) is 0.667. The number of aromatic nitrogens is 1. The molecule has 2 N–H and O–H groups in total. The van der Waals surface area contributed by atoms with E-state index in [4.69, 9.17) is 0 Å². The van der Waals surface area contributed by atoms with Gasteiger partial charge in [0, 0.05) is 0 Å². The molecule has 1 aliphatic carbocycles. The number of carboxylic acids is 1. The van der Waals surface area contributed by atoms with Crippen molar-refractivity contribution in [1.29, 1.82) is 0 Å². The molecule has 1 fully saturated rings. The Morgan fingerprint density at radius 3 is 2.72 bits per heavy atom. The summed E-state index contributed by atoms with van der Waals surface area (Å²) < 4.78 is 0.879. The molecule has 4 nitrogen and oxygen atoms in total. The maximum Gasteiger partial charge on any atom is 0.307 e. The molecule has 2 atom stereocenters. The Morgan fingerprint density at radius 1 is 1.61 bits per heavy atom. The van der Waals surface area contributed by atoms with Crippen molar-refractivity contribution in [3.63, 3.8) is 0 Å². The van der Waals surface area contributed by atoms with E-state index in [1.54, 1.807) is 6.20 Å². The average molecular weight is 334 g/mol. The second-order valence-corrected chi connectivity index (χ2v) is 8.01. The van der Waals surface area contributed by atoms with Gasteiger partial charge in [-0.2, -0.15) is 0 Å². The first-order valence-electron chi connectivity index (χ1n) is 5.82. The highest BCUT2D eigenvalue weighted by Crippen LogP contribution is 2.50. The van der Waals surface area contributed by atoms with Crippen LogP contribution in [0.15, 0.2) is 9.98 Å². The average Bonchev–Trinajstić information content (AvgIpc) is 2.63. The minimum Gasteiger partial charge on any atom is -0.481 e. The highest BCUT2D eigenvalue weighted by Gasteiger charge is 2.49. The van der Waals surface area contributed by atoms with Gasteiger partial charge in [0.25, 0.3) is 0 Å². The van der Waals surface area contributed by atoms with Crippen LogP contribution in [-0.4, -0.2) is 21.2 Å². The molecule has 0 aromatic carbocycles. The molecule has 0 saturated heterocycles. The van der Waals surface area contributed by atoms with Gasteiger partial charge in [0.15, 0.2) is 0 Å². The molecule has 0 spiro atoms. The van der Waals surface area contributed by atoms with Gasteiger partial charge < -0.3 is 10.2 Å². The van der Waals surface area contributed by atoms with Crippen LogP contribution in [0.4, 0.5) is 0 Å². The molecular formula is C12H16BrNO3S. The number of aliphatic carboxylic acids is 1. The van der Waals surface area contributed by atoms with E-state index in [0.717, 1.165) is 3.79 Å². The molecule has 100 valence electrons. The van der Waals surface area contributed by atoms with Crippen LogP contribution in [0.3, 0.4) is 0 Å². The van der Waals surface area contributed by atoms with Crippen molar-refractivity contribution in [1.82, 2.24) is 4.98 Å². The van der Waals surface area contributed by atoms with Gasteiger partial charge in [0.1, 0.15) is 10.6 Å². The number of rotatable bonds is 2. The van der Waals surface area contributed by atoms with Crippen molar-refractivity contribution in [2.24, 2.45) is 11.3 Å². The highest BCUT2D eigenvalue weighted by atomic mass is 79.9. The van der Waals surface area contributed by atoms with Crippen LogP contribution in [0.2, 0.25) is 0 Å². The number of aliphatic hydroxyl groups is 1. The molecular weight excluding hydrogens is 318 g/mol. The fourth-order valence-corrected chi connectivity index (χ4v) is 4.17. The summed E-state index contributed by atoms with van der Waals surface area (Å²) in [5.74, 6) is -1.18. The molecule has 1 aliphatic rings. The van der Waals surface area contributed by atoms with Gasteiger partial charge in [-0.15, -0.1) is 11.3 Å². The molecule has 0 amide bonds. The molecule has 1 saturated carbocycles. The highest BCUT2D eigenvalue weighted by molar-refractivity contribution is 9.11. The first kappa shape index (κ1) is 14.0. The molecule has 0 bridgehead atoms. The van der Waals surface area contributed by atoms with Crippen LogP contribution >= 0.6 is 27.3 Å². The topological polar surface area (TPSA) is 70.4 Å². The van der Waals surface area contributed by atoms with E-state index in [0.29, 0.717) is 24.3 Å². The second-order valence-electron chi connectivity index (χ2n) is 5.60. The molecule has 1 aromatic rings. The quantitative estimate of drug-likeness (QED) is 0.872. The van der Waals surface area contributed by atoms with Crippen LogP contribution in [0.1, 0.15) is 38.1 Å². The van der Waals surface area contributed by atoms with Crippen molar-refractivity contribution in [2.45, 2.75) is 38.7 Å². The number of nitrogens with zero attached hydrogens (tertiary/aromatic N) is 1. The van der Waals surface area contributed by atoms with E-state index in [1.165, 1.54) is 11.3 Å². The second kappa shape index (κ2) is 4.58. The predicted octanol–water partition coefficient (Wildman–Crippen LogP) is 3.00. The van der Waals surface area contributed by atoms with Gasteiger partial charge in [-0.1, -0.05) is 13.8 Å². The molecule has 18 heavy (non-hydrogen) atoms. The third-order valence-corrected chi connectivity index (χ3v) is 5.38. The number of thiazole rings is 1. The summed E-state index contributed by atoms with van der Waals surface area (Å²) >= 11 is 4.75. The molecule has 1 aromatic heterocycles. The summed E-state index contributed by atoms with van der Waals surface area (Å²) in [4.78, 5) is 15.4. The van der Waals surface area contributed by atoms with Gasteiger partial charge in [-0.3, -0.25) is 4.79 Å². The molecule has 6 heteroatoms. The lowest BCUT2D eigenvalue weighted by Crippen LogP contribution is -2.44. The Kier molecular flexibility index (Phi) is 3.55. The van der Waals surface area contributed by atoms with E-state index in [9.17, 15) is 15.0 Å². The third kappa shape index (κ3) is 2.46. The van der Waals surface area contributed by atoms with Gasteiger partial charge in [-0.25, -0.2) is 4.98 Å². The van der Waals surface area contributed by atoms with E-state index < -0.39 is 22.9 Å². The summed E-state index contributed by atoms with van der Waals surface area (Å²) in [6.45, 7) is 3.80. The smallest absolute Gasteiger partial charge is 0.307 e. The van der Waals surface area contributed by atoms with Crippen molar-refractivity contribution in [3.05, 3.63) is 15.0 Å². The van der Waals surface area contributed by atoms with E-state index in [1.807, 2.05) is 13.8 Å². The Labute approximate surface area is 118 Å². The van der Waals surface area contributed by atoms with Crippen molar-refractivity contribution >= 4 is 33.2 Å². The number of hydrogen-bond donors (Lipinski definition) is 2. The van der Waals surface area contributed by atoms with Crippen LogP contribution in [0.5, 0.6) is 0 Å². The Bertz CT molecular complexity index is 474. The monoisotopic (exact) mass is 333 g/mol. The van der Waals surface area contributed by atoms with Crippen molar-refractivity contribution in [3.8, 4) is 0 Å². The lowest BCUT2D eigenvalue weighted by molar-refractivity contribution is -0.154. The zero-order valence-corrected chi connectivity index (χ0v) is 12.7. The molecule has 1 heterocycles.